The molecule has 1 rings (SSSR count). The third-order valence-electron chi connectivity index (χ3n) is 7.51. The van der Waals surface area contributed by atoms with E-state index in [2.05, 4.69) is 6.92 Å². The molecule has 0 aliphatic carbocycles. The molecule has 8 heteroatoms. The van der Waals surface area contributed by atoms with Gasteiger partial charge in [0.2, 0.25) is 0 Å². The second-order valence-electron chi connectivity index (χ2n) is 11.2. The van der Waals surface area contributed by atoms with Crippen LogP contribution < -0.4 is 0 Å². The molecule has 6 atom stereocenters. The zero-order valence-electron chi connectivity index (χ0n) is 24.6. The van der Waals surface area contributed by atoms with Crippen molar-refractivity contribution >= 4 is 0 Å². The van der Waals surface area contributed by atoms with Gasteiger partial charge in [0.05, 0.1) is 19.5 Å². The predicted molar refractivity (Wildman–Crippen MR) is 154 cm³/mol. The number of unbranched alkanes of at least 4 members (excludes halogenated alkanes) is 18. The largest absolute Gasteiger partial charge is 0.499 e. The minimum Gasteiger partial charge on any atom is -0.499 e. The number of hydrogen-bond acceptors (Lipinski definition) is 8. The van der Waals surface area contributed by atoms with Crippen LogP contribution in [0.2, 0.25) is 0 Å². The summed E-state index contributed by atoms with van der Waals surface area (Å²) in [6.07, 6.45) is 21.4. The molecule has 0 aromatic rings. The normalized spacial score (nSPS) is 24.4. The molecule has 0 spiro atoms. The van der Waals surface area contributed by atoms with E-state index in [0.717, 1.165) is 12.8 Å². The van der Waals surface area contributed by atoms with Crippen LogP contribution in [0.4, 0.5) is 0 Å². The Morgan fingerprint density at radius 3 is 1.64 bits per heavy atom. The Hall–Kier alpha value is -0.740. The van der Waals surface area contributed by atoms with Crippen molar-refractivity contribution in [3.8, 4) is 0 Å². The topological polar surface area (TPSA) is 129 Å². The van der Waals surface area contributed by atoms with Crippen LogP contribution in [-0.2, 0) is 14.2 Å². The molecule has 0 radical (unpaired) electrons. The first kappa shape index (κ1) is 36.3. The number of hydrogen-bond donors (Lipinski definition) is 5. The summed E-state index contributed by atoms with van der Waals surface area (Å²) >= 11 is 0. The monoisotopic (exact) mass is 560 g/mol. The lowest BCUT2D eigenvalue weighted by atomic mass is 9.99. The number of aliphatic hydroxyl groups is 5. The second kappa shape index (κ2) is 25.0. The van der Waals surface area contributed by atoms with Crippen molar-refractivity contribution in [2.75, 3.05) is 19.8 Å². The van der Waals surface area contributed by atoms with Gasteiger partial charge >= 0.3 is 0 Å². The highest BCUT2D eigenvalue weighted by Gasteiger charge is 2.44. The number of aliphatic hydroxyl groups excluding tert-OH is 5. The van der Waals surface area contributed by atoms with Crippen LogP contribution >= 0.6 is 0 Å². The standard InChI is InChI=1S/C31H60O8/c1-2-3-4-5-6-7-8-9-10-11-12-13-14-15-16-17-18-19-20-21-22-37-24-26(33)25-38-31-30(36)29(35)28(34)27(23-32)39-31/h21-22,26-36H,2-20,23-25H2,1H3/t26?,27-,28+,29+,30-,31+/m1/s1. The number of ether oxygens (including phenoxy) is 3. The lowest BCUT2D eigenvalue weighted by Crippen LogP contribution is -2.59. The Bertz CT molecular complexity index is 559. The third kappa shape index (κ3) is 18.3. The molecule has 232 valence electrons. The van der Waals surface area contributed by atoms with Crippen LogP contribution in [0.5, 0.6) is 0 Å². The summed E-state index contributed by atoms with van der Waals surface area (Å²) in [4.78, 5) is 0. The molecule has 1 heterocycles. The SMILES string of the molecule is CCCCCCCCCCCCCCCCCCCCC=COCC(O)CO[C@H]1O[C@H](CO)[C@H](O)[C@H](O)[C@H]1O. The lowest BCUT2D eigenvalue weighted by molar-refractivity contribution is -0.304. The van der Waals surface area contributed by atoms with Crippen LogP contribution in [0.3, 0.4) is 0 Å². The van der Waals surface area contributed by atoms with Crippen molar-refractivity contribution < 1.29 is 39.7 Å². The van der Waals surface area contributed by atoms with E-state index in [-0.39, 0.29) is 13.2 Å². The Morgan fingerprint density at radius 1 is 0.667 bits per heavy atom. The highest BCUT2D eigenvalue weighted by Crippen LogP contribution is 2.22. The zero-order chi connectivity index (χ0) is 28.6. The Morgan fingerprint density at radius 2 is 1.15 bits per heavy atom. The molecular formula is C31H60O8. The van der Waals surface area contributed by atoms with Gasteiger partial charge in [0.15, 0.2) is 6.29 Å². The molecule has 39 heavy (non-hydrogen) atoms. The first-order chi connectivity index (χ1) is 19.0. The average Bonchev–Trinajstić information content (AvgIpc) is 2.94. The third-order valence-corrected chi connectivity index (χ3v) is 7.51. The van der Waals surface area contributed by atoms with Crippen molar-refractivity contribution in [1.82, 2.24) is 0 Å². The van der Waals surface area contributed by atoms with Crippen LogP contribution in [0.25, 0.3) is 0 Å². The summed E-state index contributed by atoms with van der Waals surface area (Å²) in [5.74, 6) is 0. The van der Waals surface area contributed by atoms with E-state index in [9.17, 15) is 25.5 Å². The first-order valence-corrected chi connectivity index (χ1v) is 15.9. The molecule has 8 nitrogen and oxygen atoms in total. The maximum absolute atomic E-state index is 9.99. The van der Waals surface area contributed by atoms with Crippen molar-refractivity contribution in [3.63, 3.8) is 0 Å². The molecule has 0 aromatic heterocycles. The van der Waals surface area contributed by atoms with Gasteiger partial charge in [-0.1, -0.05) is 116 Å². The van der Waals surface area contributed by atoms with Crippen LogP contribution in [0.15, 0.2) is 12.3 Å². The molecule has 1 aliphatic rings. The first-order valence-electron chi connectivity index (χ1n) is 15.9. The summed E-state index contributed by atoms with van der Waals surface area (Å²) in [6.45, 7) is 1.59. The molecule has 0 aromatic carbocycles. The quantitative estimate of drug-likeness (QED) is 0.0728. The Balaban J connectivity index is 1.85. The van der Waals surface area contributed by atoms with Gasteiger partial charge in [-0.2, -0.15) is 0 Å². The highest BCUT2D eigenvalue weighted by molar-refractivity contribution is 4.89. The van der Waals surface area contributed by atoms with Gasteiger partial charge in [-0.15, -0.1) is 0 Å². The van der Waals surface area contributed by atoms with Gasteiger partial charge < -0.3 is 39.7 Å². The molecule has 1 aliphatic heterocycles. The summed E-state index contributed by atoms with van der Waals surface area (Å²) in [6, 6.07) is 0. The van der Waals surface area contributed by atoms with Gasteiger partial charge in [0, 0.05) is 0 Å². The zero-order valence-corrected chi connectivity index (χ0v) is 24.6. The summed E-state index contributed by atoms with van der Waals surface area (Å²) in [5.41, 5.74) is 0. The van der Waals surface area contributed by atoms with E-state index >= 15 is 0 Å². The van der Waals surface area contributed by atoms with E-state index in [1.54, 1.807) is 6.26 Å². The van der Waals surface area contributed by atoms with Crippen LogP contribution in [0.1, 0.15) is 129 Å². The van der Waals surface area contributed by atoms with Gasteiger partial charge in [-0.25, -0.2) is 0 Å². The van der Waals surface area contributed by atoms with E-state index in [0.29, 0.717) is 0 Å². The van der Waals surface area contributed by atoms with Crippen molar-refractivity contribution in [2.45, 2.75) is 166 Å². The van der Waals surface area contributed by atoms with Crippen molar-refractivity contribution in [3.05, 3.63) is 12.3 Å². The molecule has 5 N–H and O–H groups in total. The van der Waals surface area contributed by atoms with Gasteiger partial charge in [0.25, 0.3) is 0 Å². The summed E-state index contributed by atoms with van der Waals surface area (Å²) in [5, 5.41) is 48.6. The molecule has 0 amide bonds. The number of allylic oxidation sites excluding steroid dienone is 1. The molecule has 1 saturated heterocycles. The lowest BCUT2D eigenvalue weighted by Gasteiger charge is -2.39. The Kier molecular flexibility index (Phi) is 23.3. The fraction of sp³-hybridized carbons (Fsp3) is 0.935. The molecule has 1 unspecified atom stereocenters. The fourth-order valence-corrected chi connectivity index (χ4v) is 4.93. The van der Waals surface area contributed by atoms with Gasteiger partial charge in [0.1, 0.15) is 37.1 Å². The summed E-state index contributed by atoms with van der Waals surface area (Å²) < 4.78 is 15.9. The second-order valence-corrected chi connectivity index (χ2v) is 11.2. The van der Waals surface area contributed by atoms with Crippen LogP contribution in [-0.4, -0.2) is 82.2 Å². The Labute approximate surface area is 237 Å². The van der Waals surface area contributed by atoms with E-state index < -0.39 is 43.4 Å². The van der Waals surface area contributed by atoms with E-state index in [4.69, 9.17) is 14.2 Å². The minimum atomic E-state index is -1.50. The van der Waals surface area contributed by atoms with Crippen LogP contribution in [0, 0.1) is 0 Å². The smallest absolute Gasteiger partial charge is 0.186 e. The molecular weight excluding hydrogens is 500 g/mol. The molecule has 0 saturated carbocycles. The molecule has 0 bridgehead atoms. The maximum Gasteiger partial charge on any atom is 0.186 e. The molecule has 1 fully saturated rings. The van der Waals surface area contributed by atoms with E-state index in [1.807, 2.05) is 6.08 Å². The van der Waals surface area contributed by atoms with Crippen molar-refractivity contribution in [2.24, 2.45) is 0 Å². The van der Waals surface area contributed by atoms with E-state index in [1.165, 1.54) is 109 Å². The highest BCUT2D eigenvalue weighted by atomic mass is 16.7. The average molecular weight is 561 g/mol. The minimum absolute atomic E-state index is 0.0209. The van der Waals surface area contributed by atoms with Gasteiger partial charge in [-0.3, -0.25) is 0 Å². The van der Waals surface area contributed by atoms with Crippen molar-refractivity contribution in [1.29, 1.82) is 0 Å². The predicted octanol–water partition coefficient (Wildman–Crippen LogP) is 5.13. The number of rotatable bonds is 26. The summed E-state index contributed by atoms with van der Waals surface area (Å²) in [7, 11) is 0. The van der Waals surface area contributed by atoms with Gasteiger partial charge in [-0.05, 0) is 18.9 Å². The maximum atomic E-state index is 9.99. The fourth-order valence-electron chi connectivity index (χ4n) is 4.93.